The highest BCUT2D eigenvalue weighted by Gasteiger charge is 2.29. The molecule has 116 valence electrons. The zero-order chi connectivity index (χ0) is 16.3. The highest BCUT2D eigenvalue weighted by atomic mass is 16.2. The molecule has 3 N–H and O–H groups in total. The topological polar surface area (TPSA) is 58.4 Å². The summed E-state index contributed by atoms with van der Waals surface area (Å²) in [6.45, 7) is 3.81. The smallest absolute Gasteiger partial charge is 0.234 e. The molecular weight excluding hydrogens is 274 g/mol. The molecule has 0 heterocycles. The summed E-state index contributed by atoms with van der Waals surface area (Å²) in [7, 11) is 3.94. The first-order valence-electron chi connectivity index (χ1n) is 7.25. The number of benzene rings is 2. The minimum atomic E-state index is -0.637. The standard InChI is InChI=1S/C18H23N3O/c1-18(2,13-8-10-14(19)11-9-13)17(22)20-15-6-5-7-16(12-15)21(3)4/h5-12H,19H2,1-4H3,(H,20,22). The third-order valence-corrected chi connectivity index (χ3v) is 3.82. The summed E-state index contributed by atoms with van der Waals surface area (Å²) in [6.07, 6.45) is 0. The maximum atomic E-state index is 12.6. The lowest BCUT2D eigenvalue weighted by atomic mass is 9.83. The van der Waals surface area contributed by atoms with Gasteiger partial charge in [-0.15, -0.1) is 0 Å². The highest BCUT2D eigenvalue weighted by Crippen LogP contribution is 2.26. The number of rotatable bonds is 4. The van der Waals surface area contributed by atoms with E-state index in [4.69, 9.17) is 5.73 Å². The lowest BCUT2D eigenvalue weighted by molar-refractivity contribution is -0.120. The van der Waals surface area contributed by atoms with Crippen LogP contribution in [0.1, 0.15) is 19.4 Å². The normalized spacial score (nSPS) is 11.1. The Hall–Kier alpha value is -2.49. The number of amides is 1. The van der Waals surface area contributed by atoms with Crippen LogP contribution in [0.3, 0.4) is 0 Å². The Labute approximate surface area is 131 Å². The van der Waals surface area contributed by atoms with E-state index in [0.29, 0.717) is 5.69 Å². The van der Waals surface area contributed by atoms with E-state index in [1.54, 1.807) is 0 Å². The van der Waals surface area contributed by atoms with Crippen LogP contribution in [0.5, 0.6) is 0 Å². The summed E-state index contributed by atoms with van der Waals surface area (Å²) in [6, 6.07) is 15.2. The molecule has 0 saturated heterocycles. The molecule has 4 heteroatoms. The van der Waals surface area contributed by atoms with E-state index in [9.17, 15) is 4.79 Å². The van der Waals surface area contributed by atoms with Crippen LogP contribution in [0, 0.1) is 0 Å². The Balaban J connectivity index is 2.20. The lowest BCUT2D eigenvalue weighted by Gasteiger charge is -2.24. The van der Waals surface area contributed by atoms with Gasteiger partial charge in [0.05, 0.1) is 5.41 Å². The summed E-state index contributed by atoms with van der Waals surface area (Å²) < 4.78 is 0. The van der Waals surface area contributed by atoms with Gasteiger partial charge in [-0.05, 0) is 49.7 Å². The zero-order valence-corrected chi connectivity index (χ0v) is 13.6. The molecule has 0 aromatic heterocycles. The third kappa shape index (κ3) is 3.39. The second-order valence-electron chi connectivity index (χ2n) is 6.15. The average molecular weight is 297 g/mol. The second-order valence-corrected chi connectivity index (χ2v) is 6.15. The van der Waals surface area contributed by atoms with Crippen molar-refractivity contribution in [2.24, 2.45) is 0 Å². The molecule has 2 rings (SSSR count). The molecule has 2 aromatic rings. The highest BCUT2D eigenvalue weighted by molar-refractivity contribution is 5.98. The number of anilines is 3. The van der Waals surface area contributed by atoms with E-state index in [0.717, 1.165) is 16.9 Å². The fraction of sp³-hybridized carbons (Fsp3) is 0.278. The predicted octanol–water partition coefficient (Wildman–Crippen LogP) is 3.25. The molecule has 22 heavy (non-hydrogen) atoms. The second kappa shape index (κ2) is 6.10. The number of hydrogen-bond acceptors (Lipinski definition) is 3. The van der Waals surface area contributed by atoms with Gasteiger partial charge in [0.2, 0.25) is 5.91 Å². The van der Waals surface area contributed by atoms with Gasteiger partial charge in [0.15, 0.2) is 0 Å². The van der Waals surface area contributed by atoms with Crippen LogP contribution in [-0.4, -0.2) is 20.0 Å². The van der Waals surface area contributed by atoms with Gasteiger partial charge < -0.3 is 16.0 Å². The molecule has 0 bridgehead atoms. The molecule has 0 unspecified atom stereocenters. The van der Waals surface area contributed by atoms with Crippen LogP contribution in [-0.2, 0) is 10.2 Å². The van der Waals surface area contributed by atoms with E-state index in [1.165, 1.54) is 0 Å². The van der Waals surface area contributed by atoms with Crippen LogP contribution in [0.2, 0.25) is 0 Å². The van der Waals surface area contributed by atoms with Crippen molar-refractivity contribution in [1.29, 1.82) is 0 Å². The zero-order valence-electron chi connectivity index (χ0n) is 13.6. The molecule has 0 aliphatic heterocycles. The molecule has 1 amide bonds. The Morgan fingerprint density at radius 2 is 1.73 bits per heavy atom. The van der Waals surface area contributed by atoms with E-state index in [1.807, 2.05) is 81.4 Å². The maximum Gasteiger partial charge on any atom is 0.234 e. The molecule has 0 atom stereocenters. The summed E-state index contributed by atoms with van der Waals surface area (Å²) in [5.41, 5.74) is 8.53. The van der Waals surface area contributed by atoms with Crippen molar-refractivity contribution in [2.75, 3.05) is 30.0 Å². The number of nitrogens with one attached hydrogen (secondary N) is 1. The van der Waals surface area contributed by atoms with E-state index in [-0.39, 0.29) is 5.91 Å². The van der Waals surface area contributed by atoms with Gasteiger partial charge >= 0.3 is 0 Å². The molecular formula is C18H23N3O. The van der Waals surface area contributed by atoms with E-state index < -0.39 is 5.41 Å². The maximum absolute atomic E-state index is 12.6. The SMILES string of the molecule is CN(C)c1cccc(NC(=O)C(C)(C)c2ccc(N)cc2)c1. The minimum absolute atomic E-state index is 0.0480. The van der Waals surface area contributed by atoms with Gasteiger partial charge in [-0.25, -0.2) is 0 Å². The summed E-state index contributed by atoms with van der Waals surface area (Å²) in [5, 5.41) is 2.99. The number of carbonyl (C=O) groups excluding carboxylic acids is 1. The van der Waals surface area contributed by atoms with Gasteiger partial charge in [0.25, 0.3) is 0 Å². The van der Waals surface area contributed by atoms with E-state index in [2.05, 4.69) is 5.32 Å². The number of nitrogens with zero attached hydrogens (tertiary/aromatic N) is 1. The Morgan fingerprint density at radius 3 is 2.32 bits per heavy atom. The van der Waals surface area contributed by atoms with Crippen LogP contribution in [0.15, 0.2) is 48.5 Å². The molecule has 0 aliphatic rings. The van der Waals surface area contributed by atoms with Crippen molar-refractivity contribution in [1.82, 2.24) is 0 Å². The Bertz CT molecular complexity index is 660. The average Bonchev–Trinajstić information content (AvgIpc) is 2.48. The van der Waals surface area contributed by atoms with Crippen molar-refractivity contribution >= 4 is 23.0 Å². The van der Waals surface area contributed by atoms with Crippen molar-refractivity contribution in [3.05, 3.63) is 54.1 Å². The van der Waals surface area contributed by atoms with Gasteiger partial charge in [0.1, 0.15) is 0 Å². The third-order valence-electron chi connectivity index (χ3n) is 3.82. The molecule has 0 saturated carbocycles. The largest absolute Gasteiger partial charge is 0.399 e. The molecule has 0 radical (unpaired) electrons. The quantitative estimate of drug-likeness (QED) is 0.852. The van der Waals surface area contributed by atoms with Gasteiger partial charge in [0, 0.05) is 31.2 Å². The predicted molar refractivity (Wildman–Crippen MR) is 93.3 cm³/mol. The fourth-order valence-electron chi connectivity index (χ4n) is 2.18. The lowest BCUT2D eigenvalue weighted by Crippen LogP contribution is -2.34. The summed E-state index contributed by atoms with van der Waals surface area (Å²) in [4.78, 5) is 14.6. The van der Waals surface area contributed by atoms with Crippen molar-refractivity contribution < 1.29 is 4.79 Å². The van der Waals surface area contributed by atoms with Gasteiger partial charge in [-0.2, -0.15) is 0 Å². The fourth-order valence-corrected chi connectivity index (χ4v) is 2.18. The van der Waals surface area contributed by atoms with E-state index >= 15 is 0 Å². The first-order valence-corrected chi connectivity index (χ1v) is 7.25. The van der Waals surface area contributed by atoms with Crippen molar-refractivity contribution in [2.45, 2.75) is 19.3 Å². The minimum Gasteiger partial charge on any atom is -0.399 e. The monoisotopic (exact) mass is 297 g/mol. The van der Waals surface area contributed by atoms with Gasteiger partial charge in [-0.1, -0.05) is 18.2 Å². The number of nitrogen functional groups attached to an aromatic ring is 1. The first kappa shape index (κ1) is 15.9. The summed E-state index contributed by atoms with van der Waals surface area (Å²) in [5.74, 6) is -0.0480. The van der Waals surface area contributed by atoms with Crippen molar-refractivity contribution in [3.63, 3.8) is 0 Å². The summed E-state index contributed by atoms with van der Waals surface area (Å²) >= 11 is 0. The number of hydrogen-bond donors (Lipinski definition) is 2. The Kier molecular flexibility index (Phi) is 4.40. The first-order chi connectivity index (χ1) is 10.3. The molecule has 4 nitrogen and oxygen atoms in total. The van der Waals surface area contributed by atoms with Crippen LogP contribution < -0.4 is 16.0 Å². The molecule has 0 spiro atoms. The van der Waals surface area contributed by atoms with Crippen molar-refractivity contribution in [3.8, 4) is 0 Å². The molecule has 0 aliphatic carbocycles. The molecule has 2 aromatic carbocycles. The van der Waals surface area contributed by atoms with Gasteiger partial charge in [-0.3, -0.25) is 4.79 Å². The Morgan fingerprint density at radius 1 is 1.09 bits per heavy atom. The molecule has 0 fully saturated rings. The number of carbonyl (C=O) groups is 1. The van der Waals surface area contributed by atoms with Crippen LogP contribution >= 0.6 is 0 Å². The van der Waals surface area contributed by atoms with Crippen LogP contribution in [0.4, 0.5) is 17.1 Å². The van der Waals surface area contributed by atoms with Crippen LogP contribution in [0.25, 0.3) is 0 Å². The number of nitrogens with two attached hydrogens (primary N) is 1.